The van der Waals surface area contributed by atoms with Crippen molar-refractivity contribution in [1.29, 1.82) is 10.7 Å². The van der Waals surface area contributed by atoms with Crippen LogP contribution < -0.4 is 4.90 Å². The third-order valence-corrected chi connectivity index (χ3v) is 5.62. The number of anilines is 1. The zero-order chi connectivity index (χ0) is 20.9. The van der Waals surface area contributed by atoms with E-state index in [1.165, 1.54) is 12.5 Å². The predicted molar refractivity (Wildman–Crippen MR) is 117 cm³/mol. The van der Waals surface area contributed by atoms with E-state index in [-0.39, 0.29) is 17.9 Å². The molecule has 0 bridgehead atoms. The number of halogens is 1. The van der Waals surface area contributed by atoms with Crippen LogP contribution in [0.1, 0.15) is 24.5 Å². The van der Waals surface area contributed by atoms with Crippen molar-refractivity contribution in [2.45, 2.75) is 24.8 Å². The smallest absolute Gasteiger partial charge is 0.140 e. The molecule has 3 aromatic rings. The lowest BCUT2D eigenvalue weighted by atomic mass is 9.96. The molecule has 4 heterocycles. The van der Waals surface area contributed by atoms with Crippen LogP contribution in [-0.2, 0) is 0 Å². The molecule has 3 atom stereocenters. The highest BCUT2D eigenvalue weighted by atomic mass is 35.5. The Morgan fingerprint density at radius 2 is 2.30 bits per heavy atom. The molecule has 0 aromatic carbocycles. The Morgan fingerprint density at radius 3 is 3.10 bits per heavy atom. The molecule has 0 radical (unpaired) electrons. The van der Waals surface area contributed by atoms with Crippen molar-refractivity contribution in [3.05, 3.63) is 47.6 Å². The molecule has 2 N–H and O–H groups in total. The summed E-state index contributed by atoms with van der Waals surface area (Å²) in [5.74, 6) is 0.697. The van der Waals surface area contributed by atoms with Crippen LogP contribution >= 0.6 is 11.6 Å². The number of fused-ring (bicyclic) bond motifs is 1. The SMILES string of the molecule is N#CCC(N=CC(C=N)c1ncnc2[nH]ccc12)C1CCN(c2cccc(Cl)n2)C1. The van der Waals surface area contributed by atoms with Crippen molar-refractivity contribution < 1.29 is 0 Å². The van der Waals surface area contributed by atoms with E-state index in [1.807, 2.05) is 18.2 Å². The van der Waals surface area contributed by atoms with Crippen molar-refractivity contribution in [3.63, 3.8) is 0 Å². The molecule has 8 nitrogen and oxygen atoms in total. The summed E-state index contributed by atoms with van der Waals surface area (Å²) in [6.45, 7) is 1.61. The van der Waals surface area contributed by atoms with Gasteiger partial charge in [-0.3, -0.25) is 4.99 Å². The van der Waals surface area contributed by atoms with Gasteiger partial charge in [0.1, 0.15) is 22.9 Å². The van der Waals surface area contributed by atoms with Crippen LogP contribution in [0, 0.1) is 22.7 Å². The lowest BCUT2D eigenvalue weighted by molar-refractivity contribution is 0.467. The predicted octanol–water partition coefficient (Wildman–Crippen LogP) is 3.62. The molecule has 1 saturated heterocycles. The Balaban J connectivity index is 1.52. The third-order valence-electron chi connectivity index (χ3n) is 5.41. The van der Waals surface area contributed by atoms with Crippen LogP contribution in [-0.4, -0.2) is 51.5 Å². The minimum absolute atomic E-state index is 0.148. The summed E-state index contributed by atoms with van der Waals surface area (Å²) in [6.07, 6.45) is 7.59. The fourth-order valence-electron chi connectivity index (χ4n) is 3.87. The van der Waals surface area contributed by atoms with Gasteiger partial charge in [-0.15, -0.1) is 0 Å². The molecule has 0 spiro atoms. The van der Waals surface area contributed by atoms with Gasteiger partial charge in [-0.1, -0.05) is 17.7 Å². The Morgan fingerprint density at radius 1 is 1.40 bits per heavy atom. The van der Waals surface area contributed by atoms with Crippen molar-refractivity contribution in [3.8, 4) is 6.07 Å². The number of aromatic amines is 1. The number of hydrogen-bond acceptors (Lipinski definition) is 7. The second-order valence-corrected chi connectivity index (χ2v) is 7.62. The van der Waals surface area contributed by atoms with Gasteiger partial charge >= 0.3 is 0 Å². The fourth-order valence-corrected chi connectivity index (χ4v) is 4.03. The van der Waals surface area contributed by atoms with Crippen LogP contribution in [0.5, 0.6) is 0 Å². The normalized spacial score (nSPS) is 18.5. The maximum absolute atomic E-state index is 9.33. The summed E-state index contributed by atoms with van der Waals surface area (Å²) in [6, 6.07) is 9.60. The van der Waals surface area contributed by atoms with E-state index < -0.39 is 0 Å². The first-order valence-corrected chi connectivity index (χ1v) is 10.1. The van der Waals surface area contributed by atoms with Gasteiger partial charge in [0.25, 0.3) is 0 Å². The van der Waals surface area contributed by atoms with Gasteiger partial charge < -0.3 is 15.3 Å². The Bertz CT molecular complexity index is 1100. The van der Waals surface area contributed by atoms with Gasteiger partial charge in [-0.05, 0) is 24.6 Å². The molecule has 1 fully saturated rings. The first kappa shape index (κ1) is 20.0. The van der Waals surface area contributed by atoms with Gasteiger partial charge in [-0.25, -0.2) is 15.0 Å². The summed E-state index contributed by atoms with van der Waals surface area (Å²) in [5.41, 5.74) is 1.46. The molecule has 0 amide bonds. The number of nitrogens with one attached hydrogen (secondary N) is 2. The van der Waals surface area contributed by atoms with Crippen molar-refractivity contribution in [1.82, 2.24) is 19.9 Å². The van der Waals surface area contributed by atoms with E-state index >= 15 is 0 Å². The largest absolute Gasteiger partial charge is 0.356 e. The second-order valence-electron chi connectivity index (χ2n) is 7.23. The second kappa shape index (κ2) is 9.01. The average molecular weight is 421 g/mol. The number of H-pyrrole nitrogens is 1. The minimum Gasteiger partial charge on any atom is -0.356 e. The summed E-state index contributed by atoms with van der Waals surface area (Å²) in [4.78, 5) is 22.9. The van der Waals surface area contributed by atoms with E-state index in [9.17, 15) is 5.26 Å². The average Bonchev–Trinajstić information content (AvgIpc) is 3.43. The van der Waals surface area contributed by atoms with Crippen LogP contribution in [0.3, 0.4) is 0 Å². The van der Waals surface area contributed by atoms with E-state index in [0.29, 0.717) is 11.6 Å². The number of hydrogen-bond donors (Lipinski definition) is 2. The maximum Gasteiger partial charge on any atom is 0.140 e. The highest BCUT2D eigenvalue weighted by molar-refractivity contribution is 6.29. The quantitative estimate of drug-likeness (QED) is 0.447. The summed E-state index contributed by atoms with van der Waals surface area (Å²) in [5, 5.41) is 18.5. The highest BCUT2D eigenvalue weighted by Crippen LogP contribution is 2.28. The zero-order valence-electron chi connectivity index (χ0n) is 16.2. The minimum atomic E-state index is -0.375. The summed E-state index contributed by atoms with van der Waals surface area (Å²) >= 11 is 6.03. The van der Waals surface area contributed by atoms with Crippen LogP contribution in [0.15, 0.2) is 41.8 Å². The van der Waals surface area contributed by atoms with Crippen molar-refractivity contribution in [2.75, 3.05) is 18.0 Å². The highest BCUT2D eigenvalue weighted by Gasteiger charge is 2.30. The van der Waals surface area contributed by atoms with E-state index in [2.05, 4.69) is 30.9 Å². The molecule has 1 aliphatic heterocycles. The number of nitrogens with zero attached hydrogens (tertiary/aromatic N) is 6. The molecular formula is C21H21ClN8. The molecule has 3 aromatic heterocycles. The lowest BCUT2D eigenvalue weighted by Gasteiger charge is -2.20. The number of aromatic nitrogens is 4. The molecule has 0 saturated carbocycles. The van der Waals surface area contributed by atoms with Gasteiger partial charge in [0.2, 0.25) is 0 Å². The third kappa shape index (κ3) is 4.16. The Labute approximate surface area is 179 Å². The Kier molecular flexibility index (Phi) is 6.00. The molecule has 9 heteroatoms. The molecule has 4 rings (SSSR count). The number of aliphatic imine (C=N–C) groups is 1. The summed E-state index contributed by atoms with van der Waals surface area (Å²) < 4.78 is 0. The molecule has 1 aliphatic rings. The zero-order valence-corrected chi connectivity index (χ0v) is 17.0. The molecular weight excluding hydrogens is 400 g/mol. The first-order valence-electron chi connectivity index (χ1n) is 9.76. The van der Waals surface area contributed by atoms with Crippen LogP contribution in [0.2, 0.25) is 5.15 Å². The molecule has 30 heavy (non-hydrogen) atoms. The Hall–Kier alpha value is -3.31. The lowest BCUT2D eigenvalue weighted by Crippen LogP contribution is -2.25. The van der Waals surface area contributed by atoms with Gasteiger partial charge in [0.05, 0.1) is 30.1 Å². The topological polar surface area (TPSA) is 118 Å². The van der Waals surface area contributed by atoms with Crippen molar-refractivity contribution in [2.24, 2.45) is 10.9 Å². The number of pyridine rings is 1. The molecule has 3 unspecified atom stereocenters. The van der Waals surface area contributed by atoms with E-state index in [1.54, 1.807) is 18.5 Å². The van der Waals surface area contributed by atoms with E-state index in [4.69, 9.17) is 22.0 Å². The molecule has 152 valence electrons. The fraction of sp³-hybridized carbons (Fsp3) is 0.333. The standard InChI is InChI=1S/C21H21ClN8/c22-18-2-1-3-19(29-18)30-9-6-14(12-30)17(4-7-23)26-11-15(10-24)20-16-5-8-25-21(16)28-13-27-20/h1-3,5,8,10-11,13-15,17,24H,4,6,9,12H2,(H,25,27,28). The van der Waals surface area contributed by atoms with Crippen molar-refractivity contribution >= 4 is 40.9 Å². The first-order chi connectivity index (χ1) is 14.7. The van der Waals surface area contributed by atoms with Gasteiger partial charge in [0.15, 0.2) is 0 Å². The number of rotatable bonds is 7. The van der Waals surface area contributed by atoms with Crippen LogP contribution in [0.4, 0.5) is 5.82 Å². The summed E-state index contributed by atoms with van der Waals surface area (Å²) in [7, 11) is 0. The number of nitriles is 1. The van der Waals surface area contributed by atoms with Gasteiger partial charge in [-0.2, -0.15) is 5.26 Å². The maximum atomic E-state index is 9.33. The van der Waals surface area contributed by atoms with Gasteiger partial charge in [0, 0.05) is 43.0 Å². The monoisotopic (exact) mass is 420 g/mol. The molecule has 0 aliphatic carbocycles. The van der Waals surface area contributed by atoms with Crippen LogP contribution in [0.25, 0.3) is 11.0 Å². The van der Waals surface area contributed by atoms with E-state index in [0.717, 1.165) is 42.1 Å².